The fourth-order valence-corrected chi connectivity index (χ4v) is 9.00. The number of rotatable bonds is 6. The van der Waals surface area contributed by atoms with Crippen LogP contribution in [0.4, 0.5) is 17.1 Å². The van der Waals surface area contributed by atoms with Crippen molar-refractivity contribution in [3.63, 3.8) is 0 Å². The van der Waals surface area contributed by atoms with E-state index < -0.39 is 47.4 Å². The second kappa shape index (κ2) is 13.2. The van der Waals surface area contributed by atoms with Crippen molar-refractivity contribution in [2.45, 2.75) is 29.6 Å². The molecule has 9 rings (SSSR count). The zero-order valence-corrected chi connectivity index (χ0v) is 28.8. The Morgan fingerprint density at radius 1 is 0.736 bits per heavy atom. The van der Waals surface area contributed by atoms with Gasteiger partial charge in [0.2, 0.25) is 11.8 Å². The summed E-state index contributed by atoms with van der Waals surface area (Å²) in [6.45, 7) is 2.85. The normalized spacial score (nSPS) is 26.4. The molecule has 0 saturated carbocycles. The zero-order chi connectivity index (χ0) is 36.1. The van der Waals surface area contributed by atoms with Crippen LogP contribution in [-0.2, 0) is 29.3 Å². The molecule has 6 atom stereocenters. The Kier molecular flexibility index (Phi) is 8.21. The Bertz CT molecular complexity index is 2160. The molecule has 5 aromatic rings. The van der Waals surface area contributed by atoms with Gasteiger partial charge in [0.15, 0.2) is 0 Å². The zero-order valence-electron chi connectivity index (χ0n) is 28.8. The molecule has 4 aliphatic heterocycles. The molecule has 3 N–H and O–H groups in total. The summed E-state index contributed by atoms with van der Waals surface area (Å²) in [5.74, 6) is -2.62. The lowest BCUT2D eigenvalue weighted by Crippen LogP contribution is -2.53. The van der Waals surface area contributed by atoms with Crippen LogP contribution in [0.15, 0.2) is 133 Å². The fourth-order valence-electron chi connectivity index (χ4n) is 9.00. The van der Waals surface area contributed by atoms with E-state index in [1.165, 1.54) is 0 Å². The van der Waals surface area contributed by atoms with Crippen LogP contribution in [0.3, 0.4) is 0 Å². The molecule has 0 unspecified atom stereocenters. The predicted octanol–water partition coefficient (Wildman–Crippen LogP) is 6.14. The van der Waals surface area contributed by atoms with Crippen LogP contribution in [0.25, 0.3) is 0 Å². The molecule has 5 aromatic carbocycles. The second-order valence-electron chi connectivity index (χ2n) is 14.0. The Morgan fingerprint density at radius 2 is 1.38 bits per heavy atom. The van der Waals surface area contributed by atoms with E-state index in [0.717, 1.165) is 29.9 Å². The maximum Gasteiger partial charge on any atom is 0.324 e. The Morgan fingerprint density at radius 3 is 2.08 bits per heavy atom. The largest absolute Gasteiger partial charge is 0.508 e. The number of phenols is 1. The summed E-state index contributed by atoms with van der Waals surface area (Å²) >= 11 is 0. The van der Waals surface area contributed by atoms with Crippen molar-refractivity contribution in [1.82, 2.24) is 4.90 Å². The van der Waals surface area contributed by atoms with E-state index in [9.17, 15) is 9.90 Å². The quantitative estimate of drug-likeness (QED) is 0.180. The van der Waals surface area contributed by atoms with Crippen molar-refractivity contribution < 1.29 is 29.0 Å². The highest BCUT2D eigenvalue weighted by Gasteiger charge is 2.74. The number of hydrogen-bond acceptors (Lipinski definition) is 8. The van der Waals surface area contributed by atoms with Gasteiger partial charge < -0.3 is 30.1 Å². The minimum Gasteiger partial charge on any atom is -0.508 e. The van der Waals surface area contributed by atoms with Gasteiger partial charge in [0.1, 0.15) is 23.3 Å². The number of phenolic OH excluding ortho intramolecular Hbond substituents is 1. The van der Waals surface area contributed by atoms with Gasteiger partial charge >= 0.3 is 5.97 Å². The van der Waals surface area contributed by atoms with Gasteiger partial charge in [-0.1, -0.05) is 91.0 Å². The highest BCUT2D eigenvalue weighted by molar-refractivity contribution is 6.13. The molecule has 53 heavy (non-hydrogen) atoms. The van der Waals surface area contributed by atoms with E-state index in [2.05, 4.69) is 15.5 Å². The van der Waals surface area contributed by atoms with Crippen molar-refractivity contribution in [3.8, 4) is 5.75 Å². The van der Waals surface area contributed by atoms with Gasteiger partial charge in [0.25, 0.3) is 0 Å². The van der Waals surface area contributed by atoms with Gasteiger partial charge in [0.05, 0.1) is 31.2 Å². The third-order valence-electron chi connectivity index (χ3n) is 11.2. The molecule has 3 fully saturated rings. The predicted molar refractivity (Wildman–Crippen MR) is 199 cm³/mol. The molecule has 0 radical (unpaired) electrons. The highest BCUT2D eigenvalue weighted by Crippen LogP contribution is 2.64. The molecule has 1 spiro atoms. The first-order valence-corrected chi connectivity index (χ1v) is 18.0. The molecule has 10 nitrogen and oxygen atoms in total. The number of para-hydroxylation sites is 1. The average Bonchev–Trinajstić information content (AvgIpc) is 3.68. The minimum absolute atomic E-state index is 0.0586. The second-order valence-corrected chi connectivity index (χ2v) is 14.0. The number of morpholine rings is 2. The number of esters is 1. The maximum atomic E-state index is 15.2. The van der Waals surface area contributed by atoms with E-state index in [1.54, 1.807) is 24.3 Å². The number of anilines is 3. The summed E-state index contributed by atoms with van der Waals surface area (Å²) in [6.07, 6.45) is -0.756. The van der Waals surface area contributed by atoms with Crippen LogP contribution in [-0.4, -0.2) is 60.1 Å². The molecular weight excluding hydrogens is 668 g/mol. The number of hydrogen-bond donors (Lipinski definition) is 3. The number of nitrogens with one attached hydrogen (secondary N) is 2. The van der Waals surface area contributed by atoms with Crippen molar-refractivity contribution in [2.24, 2.45) is 5.92 Å². The van der Waals surface area contributed by atoms with Crippen LogP contribution in [0.2, 0.25) is 0 Å². The third kappa shape index (κ3) is 5.36. The van der Waals surface area contributed by atoms with Gasteiger partial charge in [-0.25, -0.2) is 0 Å². The van der Waals surface area contributed by atoms with E-state index in [4.69, 9.17) is 9.47 Å². The summed E-state index contributed by atoms with van der Waals surface area (Å²) in [5, 5.41) is 16.6. The topological polar surface area (TPSA) is 120 Å². The van der Waals surface area contributed by atoms with Crippen LogP contribution in [0.5, 0.6) is 5.75 Å². The number of amides is 2. The molecule has 0 aromatic heterocycles. The number of fused-ring (bicyclic) bond motifs is 3. The minimum atomic E-state index is -1.58. The summed E-state index contributed by atoms with van der Waals surface area (Å²) in [7, 11) is 0. The van der Waals surface area contributed by atoms with Gasteiger partial charge in [0, 0.05) is 30.2 Å². The number of carbonyl (C=O) groups excluding carboxylic acids is 3. The van der Waals surface area contributed by atoms with Crippen LogP contribution >= 0.6 is 0 Å². The Hall–Kier alpha value is -5.97. The van der Waals surface area contributed by atoms with Crippen LogP contribution in [0, 0.1) is 5.92 Å². The molecule has 4 aliphatic rings. The molecule has 0 bridgehead atoms. The van der Waals surface area contributed by atoms with E-state index in [0.29, 0.717) is 35.7 Å². The first-order chi connectivity index (χ1) is 25.9. The summed E-state index contributed by atoms with van der Waals surface area (Å²) in [5.41, 5.74) is 3.51. The van der Waals surface area contributed by atoms with Gasteiger partial charge in [-0.3, -0.25) is 19.3 Å². The lowest BCUT2D eigenvalue weighted by molar-refractivity contribution is -0.177. The summed E-state index contributed by atoms with van der Waals surface area (Å²) in [4.78, 5) is 49.2. The molecule has 3 saturated heterocycles. The Labute approximate surface area is 307 Å². The maximum absolute atomic E-state index is 15.2. The van der Waals surface area contributed by atoms with Crippen molar-refractivity contribution >= 4 is 34.8 Å². The molecule has 10 heteroatoms. The highest BCUT2D eigenvalue weighted by atomic mass is 16.6. The van der Waals surface area contributed by atoms with E-state index in [1.807, 2.05) is 114 Å². The van der Waals surface area contributed by atoms with E-state index in [-0.39, 0.29) is 11.7 Å². The van der Waals surface area contributed by atoms with Gasteiger partial charge in [-0.05, 0) is 64.7 Å². The number of aromatic hydroxyl groups is 1. The summed E-state index contributed by atoms with van der Waals surface area (Å²) < 4.78 is 12.0. The van der Waals surface area contributed by atoms with Crippen molar-refractivity contribution in [1.29, 1.82) is 0 Å². The molecule has 4 heterocycles. The molecule has 266 valence electrons. The number of benzene rings is 5. The van der Waals surface area contributed by atoms with Gasteiger partial charge in [-0.2, -0.15) is 0 Å². The first-order valence-electron chi connectivity index (χ1n) is 18.0. The first kappa shape index (κ1) is 32.9. The lowest BCUT2D eigenvalue weighted by Gasteiger charge is -2.46. The van der Waals surface area contributed by atoms with Crippen molar-refractivity contribution in [2.75, 3.05) is 41.8 Å². The van der Waals surface area contributed by atoms with Gasteiger partial charge in [-0.15, -0.1) is 0 Å². The average molecular weight is 707 g/mol. The van der Waals surface area contributed by atoms with Crippen LogP contribution < -0.4 is 15.5 Å². The third-order valence-corrected chi connectivity index (χ3v) is 11.2. The standard InChI is InChI=1S/C43H38N4O6/c48-32-21-15-29(16-22-32)39-43(33-13-7-8-14-34(33)45-42(43)51)35(40(49)44-30-17-19-31(20-18-30)46-23-25-52-26-24-46)37-41(50)53-38(28-11-5-2-6-12-28)36(47(37)39)27-9-3-1-4-10-27/h1-22,35-39,48H,23-26H2,(H,44,49)(H,45,51)/t35-,36-,37-,38+,39+,43-/m0/s1. The number of ether oxygens (including phenoxy) is 2. The smallest absolute Gasteiger partial charge is 0.324 e. The molecule has 0 aliphatic carbocycles. The molecule has 2 amide bonds. The fraction of sp³-hybridized carbons (Fsp3) is 0.233. The number of carbonyl (C=O) groups is 3. The van der Waals surface area contributed by atoms with E-state index >= 15 is 9.59 Å². The SMILES string of the molecule is O=C1O[C@H](c2ccccc2)[C@H](c2ccccc2)N2[C@H]1[C@@H](C(=O)Nc1ccc(N3CCOCC3)cc1)[C@]1(C(=O)Nc3ccccc31)[C@H]2c1ccc(O)cc1. The Balaban J connectivity index is 1.24. The number of nitrogens with zero attached hydrogens (tertiary/aromatic N) is 2. The summed E-state index contributed by atoms with van der Waals surface area (Å²) in [6, 6.07) is 38.5. The number of cyclic esters (lactones) is 1. The van der Waals surface area contributed by atoms with Crippen molar-refractivity contribution in [3.05, 3.63) is 156 Å². The van der Waals surface area contributed by atoms with Crippen LogP contribution in [0.1, 0.15) is 40.4 Å². The monoisotopic (exact) mass is 706 g/mol. The lowest BCUT2D eigenvalue weighted by atomic mass is 9.65. The molecular formula is C43H38N4O6.